The Hall–Kier alpha value is -6.37. The second kappa shape index (κ2) is 16.7. The molecular formula is C48H48ClFN10O6S. The van der Waals surface area contributed by atoms with Gasteiger partial charge in [-0.05, 0) is 85.7 Å². The number of imide groups is 1. The first-order valence-electron chi connectivity index (χ1n) is 22.7. The Kier molecular flexibility index (Phi) is 10.8. The Morgan fingerprint density at radius 3 is 2.48 bits per heavy atom. The summed E-state index contributed by atoms with van der Waals surface area (Å²) in [5.41, 5.74) is 5.06. The first-order valence-corrected chi connectivity index (χ1v) is 23.9. The van der Waals surface area contributed by atoms with Crippen LogP contribution in [0.15, 0.2) is 72.5 Å². The highest BCUT2D eigenvalue weighted by Crippen LogP contribution is 2.44. The maximum atomic E-state index is 15.3. The molecule has 2 atom stereocenters. The number of nitrogens with one attached hydrogen (secondary N) is 3. The summed E-state index contributed by atoms with van der Waals surface area (Å²) in [7, 11) is 0. The van der Waals surface area contributed by atoms with E-state index in [0.717, 1.165) is 55.0 Å². The number of amides is 5. The van der Waals surface area contributed by atoms with Gasteiger partial charge < -0.3 is 34.6 Å². The van der Waals surface area contributed by atoms with E-state index < -0.39 is 29.4 Å². The van der Waals surface area contributed by atoms with E-state index in [0.29, 0.717) is 83.8 Å². The Morgan fingerprint density at radius 2 is 1.75 bits per heavy atom. The summed E-state index contributed by atoms with van der Waals surface area (Å²) in [5, 5.41) is 22.3. The van der Waals surface area contributed by atoms with Crippen LogP contribution >= 0.6 is 22.9 Å². The number of anilines is 4. The van der Waals surface area contributed by atoms with Crippen molar-refractivity contribution < 1.29 is 33.5 Å². The topological polar surface area (TPSA) is 185 Å². The van der Waals surface area contributed by atoms with Gasteiger partial charge >= 0.3 is 0 Å². The van der Waals surface area contributed by atoms with Gasteiger partial charge in [0.25, 0.3) is 11.8 Å². The average molecular weight is 947 g/mol. The molecule has 6 aliphatic rings. The molecule has 1 spiro atoms. The van der Waals surface area contributed by atoms with E-state index in [4.69, 9.17) is 11.6 Å². The molecule has 4 N–H and O–H groups in total. The predicted molar refractivity (Wildman–Crippen MR) is 249 cm³/mol. The number of piperidine rings is 2. The molecular weight excluding hydrogens is 899 g/mol. The van der Waals surface area contributed by atoms with Crippen molar-refractivity contribution in [2.24, 2.45) is 5.41 Å². The summed E-state index contributed by atoms with van der Waals surface area (Å²) in [4.78, 5) is 81.6. The summed E-state index contributed by atoms with van der Waals surface area (Å²) in [6.07, 6.45) is 6.30. The molecule has 5 amide bonds. The largest absolute Gasteiger partial charge is 0.389 e. The molecule has 8 heterocycles. The standard InChI is InChI=1S/C48H48ClFN10O6S/c49-34-19-29(18-32-33(34)22-60(45(32)65)42(44(64)55-46-51-13-17-67-46)41-38-2-1-14-57(38)27-52-41)28-3-6-31(7-4-28)58-23-47(24-58)25-59(26-47)40(62)21-48(66)11-15-56(16-12-48)37-9-5-30(20-35(37)50)53-36-8-10-39(61)54-43(36)63/h3-7,9,13,17-20,27,36,42,53,66H,1-2,8,10-12,14-16,21-26H2,(H,51,55,64)(H,54,61,63)/t36-,42?/m0/s1. The zero-order chi connectivity index (χ0) is 46.2. The number of hydrogen-bond donors (Lipinski definition) is 4. The number of nitrogens with zero attached hydrogens (tertiary/aromatic N) is 7. The van der Waals surface area contributed by atoms with E-state index in [1.807, 2.05) is 38.6 Å². The molecule has 11 rings (SSSR count). The maximum absolute atomic E-state index is 15.3. The summed E-state index contributed by atoms with van der Waals surface area (Å²) in [6, 6.07) is 15.0. The molecule has 3 aromatic carbocycles. The smallest absolute Gasteiger partial charge is 0.255 e. The van der Waals surface area contributed by atoms with Gasteiger partial charge in [-0.1, -0.05) is 23.7 Å². The molecule has 67 heavy (non-hydrogen) atoms. The van der Waals surface area contributed by atoms with Crippen molar-refractivity contribution in [2.45, 2.75) is 75.7 Å². The Labute approximate surface area is 394 Å². The second-order valence-electron chi connectivity index (χ2n) is 18.9. The lowest BCUT2D eigenvalue weighted by Crippen LogP contribution is -2.73. The van der Waals surface area contributed by atoms with Gasteiger partial charge in [0, 0.05) is 109 Å². The lowest BCUT2D eigenvalue weighted by Gasteiger charge is -2.61. The van der Waals surface area contributed by atoms with Crippen molar-refractivity contribution in [3.63, 3.8) is 0 Å². The van der Waals surface area contributed by atoms with Gasteiger partial charge in [0.15, 0.2) is 11.2 Å². The number of aromatic nitrogens is 3. The van der Waals surface area contributed by atoms with E-state index >= 15 is 4.39 Å². The first kappa shape index (κ1) is 43.2. The summed E-state index contributed by atoms with van der Waals surface area (Å²) < 4.78 is 17.3. The van der Waals surface area contributed by atoms with Crippen LogP contribution in [0.3, 0.4) is 0 Å². The molecule has 5 aromatic rings. The van der Waals surface area contributed by atoms with E-state index in [1.54, 1.807) is 34.9 Å². The van der Waals surface area contributed by atoms with E-state index in [9.17, 15) is 29.1 Å². The van der Waals surface area contributed by atoms with Gasteiger partial charge in [-0.3, -0.25) is 34.6 Å². The second-order valence-corrected chi connectivity index (χ2v) is 20.2. The number of carbonyl (C=O) groups excluding carboxylic acids is 5. The van der Waals surface area contributed by atoms with Crippen LogP contribution < -0.4 is 25.8 Å². The molecule has 0 bridgehead atoms. The maximum Gasteiger partial charge on any atom is 0.255 e. The first-order chi connectivity index (χ1) is 32.3. The van der Waals surface area contributed by atoms with Crippen LogP contribution in [0.4, 0.5) is 26.6 Å². The molecule has 4 fully saturated rings. The highest BCUT2D eigenvalue weighted by atomic mass is 35.5. The Bertz CT molecular complexity index is 2820. The molecule has 19 heteroatoms. The van der Waals surface area contributed by atoms with Gasteiger partial charge in [-0.25, -0.2) is 14.4 Å². The number of fused-ring (bicyclic) bond motifs is 2. The number of rotatable bonds is 11. The van der Waals surface area contributed by atoms with E-state index in [-0.39, 0.29) is 48.4 Å². The SMILES string of the molecule is O=C1CC[C@H](Nc2ccc(N3CCC(O)(CC(=O)N4CC5(C4)CN(c4ccc(-c6cc(Cl)c7c(c6)C(=O)N(C(C(=O)Nc6nccs6)c6ncn8c6CCC8)C7)cc4)C5)CC3)c(F)c2)C(=O)N1. The third kappa shape index (κ3) is 8.07. The molecule has 16 nitrogen and oxygen atoms in total. The summed E-state index contributed by atoms with van der Waals surface area (Å²) >= 11 is 8.22. The van der Waals surface area contributed by atoms with Crippen LogP contribution in [0.1, 0.15) is 71.9 Å². The summed E-state index contributed by atoms with van der Waals surface area (Å²) in [5.74, 6) is -1.94. The minimum atomic E-state index is -1.18. The Balaban J connectivity index is 0.675. The summed E-state index contributed by atoms with van der Waals surface area (Å²) in [6.45, 7) is 4.62. The van der Waals surface area contributed by atoms with Crippen molar-refractivity contribution in [1.82, 2.24) is 29.7 Å². The minimum absolute atomic E-state index is 0.00249. The fourth-order valence-corrected chi connectivity index (χ4v) is 11.5. The molecule has 0 radical (unpaired) electrons. The number of carbonyl (C=O) groups is 5. The molecule has 0 saturated carbocycles. The number of halogens is 2. The van der Waals surface area contributed by atoms with Crippen LogP contribution in [-0.2, 0) is 38.7 Å². The van der Waals surface area contributed by atoms with Gasteiger partial charge in [-0.15, -0.1) is 11.3 Å². The number of aryl methyl sites for hydroxylation is 1. The van der Waals surface area contributed by atoms with Crippen LogP contribution in [-0.4, -0.2) is 110 Å². The number of aliphatic hydroxyl groups is 1. The number of likely N-dealkylation sites (tertiary alicyclic amines) is 1. The fourth-order valence-electron chi connectivity index (χ4n) is 10.7. The van der Waals surface area contributed by atoms with Crippen LogP contribution in [0.2, 0.25) is 5.02 Å². The molecule has 0 aliphatic carbocycles. The van der Waals surface area contributed by atoms with Crippen molar-refractivity contribution in [3.05, 3.63) is 106 Å². The molecule has 346 valence electrons. The molecule has 6 aliphatic heterocycles. The van der Waals surface area contributed by atoms with Gasteiger partial charge in [0.1, 0.15) is 11.9 Å². The van der Waals surface area contributed by atoms with Crippen molar-refractivity contribution >= 4 is 74.7 Å². The van der Waals surface area contributed by atoms with Crippen molar-refractivity contribution in [3.8, 4) is 11.1 Å². The van der Waals surface area contributed by atoms with Crippen LogP contribution in [0, 0.1) is 11.2 Å². The van der Waals surface area contributed by atoms with E-state index in [2.05, 4.69) is 43.0 Å². The molecule has 1 unspecified atom stereocenters. The highest BCUT2D eigenvalue weighted by Gasteiger charge is 2.54. The van der Waals surface area contributed by atoms with E-state index in [1.165, 1.54) is 17.4 Å². The number of hydrogen-bond acceptors (Lipinski definition) is 12. The fraction of sp³-hybridized carbons (Fsp3) is 0.396. The minimum Gasteiger partial charge on any atom is -0.389 e. The van der Waals surface area contributed by atoms with Crippen molar-refractivity contribution in [2.75, 3.05) is 59.7 Å². The third-order valence-electron chi connectivity index (χ3n) is 14.4. The lowest BCUT2D eigenvalue weighted by molar-refractivity contribution is -0.151. The zero-order valence-electron chi connectivity index (χ0n) is 36.5. The zero-order valence-corrected chi connectivity index (χ0v) is 38.0. The molecule has 2 aromatic heterocycles. The highest BCUT2D eigenvalue weighted by molar-refractivity contribution is 7.13. The number of imidazole rings is 1. The third-order valence-corrected chi connectivity index (χ3v) is 15.4. The lowest BCUT2D eigenvalue weighted by atomic mass is 9.72. The number of thiazole rings is 1. The van der Waals surface area contributed by atoms with Crippen LogP contribution in [0.5, 0.6) is 0 Å². The van der Waals surface area contributed by atoms with Crippen LogP contribution in [0.25, 0.3) is 11.1 Å². The van der Waals surface area contributed by atoms with Gasteiger partial charge in [0.05, 0.1) is 29.7 Å². The molecule has 4 saturated heterocycles. The predicted octanol–water partition coefficient (Wildman–Crippen LogP) is 5.37. The Morgan fingerprint density at radius 1 is 0.955 bits per heavy atom. The monoisotopic (exact) mass is 946 g/mol. The average Bonchev–Trinajstić information content (AvgIpc) is 4.10. The number of benzene rings is 3. The van der Waals surface area contributed by atoms with Crippen molar-refractivity contribution in [1.29, 1.82) is 0 Å². The quantitative estimate of drug-likeness (QED) is 0.125. The van der Waals surface area contributed by atoms with Gasteiger partial charge in [-0.2, -0.15) is 0 Å². The normalized spacial score (nSPS) is 20.8. The van der Waals surface area contributed by atoms with Gasteiger partial charge in [0.2, 0.25) is 17.7 Å².